The number of rotatable bonds is 14. The van der Waals surface area contributed by atoms with E-state index in [0.717, 1.165) is 46.7 Å². The maximum absolute atomic E-state index is 14.5. The van der Waals surface area contributed by atoms with Crippen molar-refractivity contribution >= 4 is 23.4 Å². The fraction of sp³-hybridized carbons (Fsp3) is 0.425. The molecule has 7 rings (SSSR count). The molecule has 0 bridgehead atoms. The van der Waals surface area contributed by atoms with Crippen LogP contribution in [0.4, 0.5) is 19.0 Å². The van der Waals surface area contributed by atoms with Gasteiger partial charge in [0.1, 0.15) is 11.9 Å². The van der Waals surface area contributed by atoms with Crippen LogP contribution >= 0.6 is 11.6 Å². The van der Waals surface area contributed by atoms with Gasteiger partial charge in [-0.05, 0) is 80.2 Å². The molecule has 286 valence electrons. The van der Waals surface area contributed by atoms with Crippen molar-refractivity contribution in [1.82, 2.24) is 20.6 Å². The van der Waals surface area contributed by atoms with Crippen molar-refractivity contribution in [2.45, 2.75) is 88.4 Å². The summed E-state index contributed by atoms with van der Waals surface area (Å²) in [6.07, 6.45) is -0.747. The van der Waals surface area contributed by atoms with Gasteiger partial charge in [-0.3, -0.25) is 10.1 Å². The number of alkyl halides is 3. The number of aromatic nitrogens is 2. The molecule has 2 saturated carbocycles. The minimum Gasteiger partial charge on any atom is -0.481 e. The highest BCUT2D eigenvalue weighted by atomic mass is 35.5. The van der Waals surface area contributed by atoms with E-state index in [1.54, 1.807) is 7.11 Å². The van der Waals surface area contributed by atoms with Gasteiger partial charge < -0.3 is 30.3 Å². The van der Waals surface area contributed by atoms with E-state index in [-0.39, 0.29) is 35.8 Å². The summed E-state index contributed by atoms with van der Waals surface area (Å²) < 4.78 is 54.6. The average molecular weight is 766 g/mol. The van der Waals surface area contributed by atoms with Gasteiger partial charge in [0, 0.05) is 41.4 Å². The standard InChI is InChI=1S/C40H43ClF3N5O5/c1-39(52)17-24(18-39)45-19-22-12-14-32(48-36(22)53-2)29-9-5-8-28(33(29)41)25-6-4-7-27-26(25)13-15-31(27)47-35-30(40(42,43)44)16-23(37(49-35)54-3)20-46-34(38(50)51)21-10-11-21/h4-9,12,14,16,21,24,31,34,45-46,52H,10-11,13,15,17-20H2,1-3H3,(H,47,49)(H,50,51)/t24?,31-,34?,39?/m0/s1. The Morgan fingerprint density at radius 1 is 0.963 bits per heavy atom. The van der Waals surface area contributed by atoms with Crippen molar-refractivity contribution in [3.05, 3.63) is 87.4 Å². The van der Waals surface area contributed by atoms with Gasteiger partial charge >= 0.3 is 12.1 Å². The molecular weight excluding hydrogens is 723 g/mol. The van der Waals surface area contributed by atoms with Gasteiger partial charge in [-0.15, -0.1) is 0 Å². The second-order valence-electron chi connectivity index (χ2n) is 14.7. The first-order valence-electron chi connectivity index (χ1n) is 18.0. The van der Waals surface area contributed by atoms with Gasteiger partial charge in [0.2, 0.25) is 11.8 Å². The van der Waals surface area contributed by atoms with Crippen LogP contribution in [0.5, 0.6) is 11.8 Å². The molecule has 0 aliphatic heterocycles. The van der Waals surface area contributed by atoms with Gasteiger partial charge in [-0.1, -0.05) is 54.1 Å². The molecule has 2 atom stereocenters. The molecule has 5 N–H and O–H groups in total. The lowest BCUT2D eigenvalue weighted by Gasteiger charge is -2.41. The van der Waals surface area contributed by atoms with Crippen molar-refractivity contribution in [1.29, 1.82) is 0 Å². The van der Waals surface area contributed by atoms with E-state index >= 15 is 0 Å². The summed E-state index contributed by atoms with van der Waals surface area (Å²) in [6, 6.07) is 15.2. The van der Waals surface area contributed by atoms with E-state index in [9.17, 15) is 28.2 Å². The van der Waals surface area contributed by atoms with E-state index in [2.05, 4.69) is 20.9 Å². The summed E-state index contributed by atoms with van der Waals surface area (Å²) in [7, 11) is 2.90. The van der Waals surface area contributed by atoms with E-state index < -0.39 is 35.4 Å². The Balaban J connectivity index is 1.13. The first kappa shape index (κ1) is 37.9. The van der Waals surface area contributed by atoms with Gasteiger partial charge in [0.15, 0.2) is 0 Å². The van der Waals surface area contributed by atoms with Crippen LogP contribution in [0, 0.1) is 5.92 Å². The van der Waals surface area contributed by atoms with Crippen LogP contribution in [0.1, 0.15) is 72.9 Å². The minimum absolute atomic E-state index is 0.0179. The lowest BCUT2D eigenvalue weighted by Crippen LogP contribution is -2.51. The third-order valence-electron chi connectivity index (χ3n) is 10.7. The first-order chi connectivity index (χ1) is 25.8. The number of nitrogens with zero attached hydrogens (tertiary/aromatic N) is 2. The third kappa shape index (κ3) is 7.86. The third-order valence-corrected chi connectivity index (χ3v) is 11.1. The minimum atomic E-state index is -4.74. The molecule has 2 aromatic carbocycles. The summed E-state index contributed by atoms with van der Waals surface area (Å²) >= 11 is 7.12. The zero-order valence-electron chi connectivity index (χ0n) is 30.2. The smallest absolute Gasteiger partial charge is 0.419 e. The lowest BCUT2D eigenvalue weighted by atomic mass is 9.77. The number of halogens is 4. The van der Waals surface area contributed by atoms with Gasteiger partial charge in [-0.25, -0.2) is 4.98 Å². The van der Waals surface area contributed by atoms with Gasteiger partial charge in [-0.2, -0.15) is 18.2 Å². The molecule has 4 aromatic rings. The van der Waals surface area contributed by atoms with E-state index in [1.165, 1.54) is 7.11 Å². The van der Waals surface area contributed by atoms with Crippen LogP contribution < -0.4 is 25.4 Å². The topological polar surface area (TPSA) is 138 Å². The first-order valence-corrected chi connectivity index (χ1v) is 18.4. The monoisotopic (exact) mass is 765 g/mol. The van der Waals surface area contributed by atoms with Crippen molar-refractivity contribution in [3.8, 4) is 34.1 Å². The second kappa shape index (κ2) is 15.0. The number of ether oxygens (including phenoxy) is 2. The fourth-order valence-corrected chi connectivity index (χ4v) is 8.09. The molecule has 0 radical (unpaired) electrons. The SMILES string of the molecule is COc1nc(-c2cccc(-c3cccc4c3CC[C@@H]4Nc3nc(OC)c(CNC(C(=O)O)C4CC4)cc3C(F)(F)F)c2Cl)ccc1CNC1CC(C)(O)C1. The molecule has 0 amide bonds. The van der Waals surface area contributed by atoms with E-state index in [0.29, 0.717) is 54.4 Å². The molecule has 14 heteroatoms. The Bertz CT molecular complexity index is 2050. The summed E-state index contributed by atoms with van der Waals surface area (Å²) in [6.45, 7) is 2.23. The number of fused-ring (bicyclic) bond motifs is 1. The zero-order valence-corrected chi connectivity index (χ0v) is 30.9. The molecule has 2 aromatic heterocycles. The Morgan fingerprint density at radius 3 is 2.31 bits per heavy atom. The van der Waals surface area contributed by atoms with Crippen LogP contribution in [-0.4, -0.2) is 58.1 Å². The number of aliphatic carboxylic acids is 1. The Morgan fingerprint density at radius 2 is 1.65 bits per heavy atom. The number of benzene rings is 2. The molecule has 3 aliphatic carbocycles. The number of nitrogens with one attached hydrogen (secondary N) is 3. The van der Waals surface area contributed by atoms with Crippen LogP contribution in [0.25, 0.3) is 22.4 Å². The van der Waals surface area contributed by atoms with Crippen LogP contribution in [0.15, 0.2) is 54.6 Å². The predicted octanol–water partition coefficient (Wildman–Crippen LogP) is 7.56. The molecule has 2 fully saturated rings. The summed E-state index contributed by atoms with van der Waals surface area (Å²) in [5.74, 6) is -0.997. The highest BCUT2D eigenvalue weighted by Gasteiger charge is 2.40. The number of carboxylic acid groups (broad SMARTS) is 1. The Kier molecular flexibility index (Phi) is 10.5. The predicted molar refractivity (Wildman–Crippen MR) is 199 cm³/mol. The summed E-state index contributed by atoms with van der Waals surface area (Å²) in [4.78, 5) is 20.8. The average Bonchev–Trinajstić information content (AvgIpc) is 3.88. The molecule has 54 heavy (non-hydrogen) atoms. The number of anilines is 1. The largest absolute Gasteiger partial charge is 0.481 e. The highest BCUT2D eigenvalue weighted by molar-refractivity contribution is 6.36. The molecule has 1 unspecified atom stereocenters. The molecule has 10 nitrogen and oxygen atoms in total. The zero-order chi connectivity index (χ0) is 38.4. The van der Waals surface area contributed by atoms with Crippen molar-refractivity contribution in [2.75, 3.05) is 19.5 Å². The fourth-order valence-electron chi connectivity index (χ4n) is 7.76. The van der Waals surface area contributed by atoms with E-state index in [4.69, 9.17) is 26.1 Å². The van der Waals surface area contributed by atoms with Crippen LogP contribution in [0.2, 0.25) is 5.02 Å². The normalized spacial score (nSPS) is 21.3. The molecular formula is C40H43ClF3N5O5. The number of aliphatic hydroxyl groups is 1. The van der Waals surface area contributed by atoms with E-state index in [1.807, 2.05) is 55.5 Å². The van der Waals surface area contributed by atoms with Gasteiger partial charge in [0.05, 0.1) is 42.1 Å². The molecule has 0 saturated heterocycles. The number of carbonyl (C=O) groups is 1. The maximum atomic E-state index is 14.5. The van der Waals surface area contributed by atoms with Crippen LogP contribution in [-0.2, 0) is 30.5 Å². The molecule has 3 aliphatic rings. The molecule has 2 heterocycles. The van der Waals surface area contributed by atoms with Gasteiger partial charge in [0.25, 0.3) is 0 Å². The maximum Gasteiger partial charge on any atom is 0.419 e. The highest BCUT2D eigenvalue weighted by Crippen LogP contribution is 2.45. The summed E-state index contributed by atoms with van der Waals surface area (Å²) in [5.41, 5.74) is 4.21. The summed E-state index contributed by atoms with van der Waals surface area (Å²) in [5, 5.41) is 29.5. The molecule has 0 spiro atoms. The lowest BCUT2D eigenvalue weighted by molar-refractivity contribution is -0.140. The van der Waals surface area contributed by atoms with Crippen LogP contribution in [0.3, 0.4) is 0 Å². The number of hydrogen-bond donors (Lipinski definition) is 5. The Hall–Kier alpha value is -4.43. The number of pyridine rings is 2. The number of methoxy groups -OCH3 is 2. The second-order valence-corrected chi connectivity index (χ2v) is 15.1. The number of hydrogen-bond acceptors (Lipinski definition) is 9. The quantitative estimate of drug-likeness (QED) is 0.0875. The Labute approximate surface area is 316 Å². The van der Waals surface area contributed by atoms with Crippen molar-refractivity contribution < 1.29 is 37.7 Å². The number of carboxylic acids is 1. The van der Waals surface area contributed by atoms with Crippen molar-refractivity contribution in [2.24, 2.45) is 5.92 Å². The van der Waals surface area contributed by atoms with Crippen molar-refractivity contribution in [3.63, 3.8) is 0 Å².